The van der Waals surface area contributed by atoms with Gasteiger partial charge in [-0.3, -0.25) is 10.8 Å². The van der Waals surface area contributed by atoms with Gasteiger partial charge < -0.3 is 25.0 Å². The molecule has 2 fully saturated rings. The summed E-state index contributed by atoms with van der Waals surface area (Å²) in [5, 5.41) is 36.5. The predicted octanol–water partition coefficient (Wildman–Crippen LogP) is -1.06. The summed E-state index contributed by atoms with van der Waals surface area (Å²) < 4.78 is 14.2. The van der Waals surface area contributed by atoms with Gasteiger partial charge in [-0.1, -0.05) is 0 Å². The monoisotopic (exact) mass is 447 g/mol. The van der Waals surface area contributed by atoms with Gasteiger partial charge in [0.1, 0.15) is 46.4 Å². The summed E-state index contributed by atoms with van der Waals surface area (Å²) in [7, 11) is 0. The van der Waals surface area contributed by atoms with E-state index in [4.69, 9.17) is 26.0 Å². The molecule has 0 unspecified atom stereocenters. The zero-order chi connectivity index (χ0) is 23.1. The molecule has 4 N–H and O–H groups in total. The van der Waals surface area contributed by atoms with Gasteiger partial charge in [0.2, 0.25) is 5.78 Å². The first-order chi connectivity index (χ1) is 16.0. The van der Waals surface area contributed by atoms with Gasteiger partial charge in [0.15, 0.2) is 11.0 Å². The first-order valence-corrected chi connectivity index (χ1v) is 10.4. The highest BCUT2D eigenvalue weighted by Gasteiger charge is 2.26. The summed E-state index contributed by atoms with van der Waals surface area (Å²) in [4.78, 5) is 12.6. The average Bonchev–Trinajstić information content (AvgIpc) is 2.83. The molecule has 3 aromatic rings. The van der Waals surface area contributed by atoms with E-state index in [1.54, 1.807) is 14.9 Å². The van der Waals surface area contributed by atoms with Crippen LogP contribution >= 0.6 is 0 Å². The molecule has 2 aliphatic rings. The van der Waals surface area contributed by atoms with E-state index in [9.17, 15) is 10.5 Å². The number of ether oxygens (including phenoxy) is 2. The predicted molar refractivity (Wildman–Crippen MR) is 116 cm³/mol. The lowest BCUT2D eigenvalue weighted by Gasteiger charge is -2.32. The van der Waals surface area contributed by atoms with Crippen molar-refractivity contribution in [2.45, 2.75) is 0 Å². The minimum Gasteiger partial charge on any atom is -0.385 e. The van der Waals surface area contributed by atoms with E-state index in [1.807, 2.05) is 9.80 Å². The fourth-order valence-corrected chi connectivity index (χ4v) is 4.30. The van der Waals surface area contributed by atoms with Crippen LogP contribution in [0, 0.1) is 33.5 Å². The molecule has 0 atom stereocenters. The lowest BCUT2D eigenvalue weighted by atomic mass is 10.2. The van der Waals surface area contributed by atoms with Crippen molar-refractivity contribution in [1.29, 1.82) is 21.3 Å². The minimum absolute atomic E-state index is 0.0895. The molecule has 0 aliphatic carbocycles. The highest BCUT2D eigenvalue weighted by Crippen LogP contribution is 2.28. The molecule has 168 valence electrons. The summed E-state index contributed by atoms with van der Waals surface area (Å²) in [6.07, 6.45) is 0. The fourth-order valence-electron chi connectivity index (χ4n) is 4.30. The maximum Gasteiger partial charge on any atom is 0.226 e. The van der Waals surface area contributed by atoms with Gasteiger partial charge in [0.25, 0.3) is 0 Å². The fraction of sp³-hybridized carbons (Fsp3) is 0.400. The quantitative estimate of drug-likeness (QED) is 0.412. The molecule has 0 spiro atoms. The normalized spacial score (nSPS) is 16.7. The summed E-state index contributed by atoms with van der Waals surface area (Å²) in [5.74, 6) is 1.38. The number of nitrogens with two attached hydrogens (primary N) is 1. The van der Waals surface area contributed by atoms with Crippen LogP contribution in [0.4, 0.5) is 17.5 Å². The van der Waals surface area contributed by atoms with Gasteiger partial charge >= 0.3 is 0 Å². The third kappa shape index (κ3) is 3.22. The highest BCUT2D eigenvalue weighted by molar-refractivity contribution is 5.70. The van der Waals surface area contributed by atoms with Crippen molar-refractivity contribution < 1.29 is 9.47 Å². The van der Waals surface area contributed by atoms with Gasteiger partial charge in [-0.2, -0.15) is 15.5 Å². The number of fused-ring (bicyclic) bond motifs is 3. The van der Waals surface area contributed by atoms with E-state index in [0.717, 1.165) is 0 Å². The van der Waals surface area contributed by atoms with Crippen LogP contribution in [0.5, 0.6) is 0 Å². The SMILES string of the molecule is N#Cc1c(N2CCOCC2)n2c(N)cc3nc(=N)c(C#N)c(N4CCOCC4)n3c2nc1=N. The van der Waals surface area contributed by atoms with E-state index >= 15 is 0 Å². The van der Waals surface area contributed by atoms with Crippen molar-refractivity contribution in [1.82, 2.24) is 18.8 Å². The second-order valence-electron chi connectivity index (χ2n) is 7.64. The van der Waals surface area contributed by atoms with Crippen LogP contribution in [-0.4, -0.2) is 71.4 Å². The zero-order valence-corrected chi connectivity index (χ0v) is 17.7. The van der Waals surface area contributed by atoms with E-state index in [0.29, 0.717) is 69.9 Å². The number of aromatic nitrogens is 4. The maximum atomic E-state index is 9.88. The second kappa shape index (κ2) is 8.05. The van der Waals surface area contributed by atoms with E-state index < -0.39 is 0 Å². The molecule has 13 heteroatoms. The van der Waals surface area contributed by atoms with Gasteiger partial charge in [0.05, 0.1) is 26.4 Å². The van der Waals surface area contributed by atoms with Gasteiger partial charge in [-0.05, 0) is 0 Å². The summed E-state index contributed by atoms with van der Waals surface area (Å²) in [6, 6.07) is 5.79. The number of anilines is 3. The Hall–Kier alpha value is -4.20. The molecule has 0 saturated carbocycles. The van der Waals surface area contributed by atoms with Crippen molar-refractivity contribution in [2.24, 2.45) is 0 Å². The molecule has 2 saturated heterocycles. The molecule has 13 nitrogen and oxygen atoms in total. The van der Waals surface area contributed by atoms with Crippen molar-refractivity contribution in [3.05, 3.63) is 28.2 Å². The van der Waals surface area contributed by atoms with E-state index in [1.165, 1.54) is 0 Å². The number of hydrogen-bond acceptors (Lipinski definition) is 11. The summed E-state index contributed by atoms with van der Waals surface area (Å²) in [5.41, 5.74) is 6.56. The zero-order valence-electron chi connectivity index (χ0n) is 17.7. The van der Waals surface area contributed by atoms with Crippen LogP contribution in [0.1, 0.15) is 11.1 Å². The molecule has 3 aromatic heterocycles. The first kappa shape index (κ1) is 20.7. The van der Waals surface area contributed by atoms with E-state index in [2.05, 4.69) is 22.1 Å². The van der Waals surface area contributed by atoms with E-state index in [-0.39, 0.29) is 33.7 Å². The van der Waals surface area contributed by atoms with Gasteiger partial charge in [-0.15, -0.1) is 0 Å². The Bertz CT molecular complexity index is 1460. The number of morpholine rings is 2. The molecule has 0 amide bonds. The van der Waals surface area contributed by atoms with Crippen molar-refractivity contribution in [3.8, 4) is 12.1 Å². The second-order valence-corrected chi connectivity index (χ2v) is 7.64. The van der Waals surface area contributed by atoms with Gasteiger partial charge in [-0.25, -0.2) is 13.8 Å². The van der Waals surface area contributed by atoms with Crippen LogP contribution in [0.15, 0.2) is 6.07 Å². The van der Waals surface area contributed by atoms with Gasteiger partial charge in [0, 0.05) is 32.2 Å². The number of hydrogen-bond donors (Lipinski definition) is 3. The molecule has 0 radical (unpaired) electrons. The molecule has 0 bridgehead atoms. The minimum atomic E-state index is -0.209. The van der Waals surface area contributed by atoms with Crippen LogP contribution in [0.3, 0.4) is 0 Å². The average molecular weight is 447 g/mol. The molecule has 2 aliphatic heterocycles. The Morgan fingerprint density at radius 2 is 1.30 bits per heavy atom. The number of nitrogens with one attached hydrogen (secondary N) is 2. The lowest BCUT2D eigenvalue weighted by Crippen LogP contribution is -2.41. The summed E-state index contributed by atoms with van der Waals surface area (Å²) in [6.45, 7) is 3.95. The Labute approximate surface area is 187 Å². The molecule has 5 rings (SSSR count). The van der Waals surface area contributed by atoms with Crippen LogP contribution in [0.2, 0.25) is 0 Å². The number of rotatable bonds is 2. The Morgan fingerprint density at radius 1 is 0.818 bits per heavy atom. The molecular weight excluding hydrogens is 426 g/mol. The smallest absolute Gasteiger partial charge is 0.226 e. The topological polar surface area (TPSA) is 181 Å². The van der Waals surface area contributed by atoms with Crippen LogP contribution in [0.25, 0.3) is 11.4 Å². The number of nitrogens with zero attached hydrogens (tertiary/aromatic N) is 8. The molecule has 33 heavy (non-hydrogen) atoms. The Morgan fingerprint density at radius 3 is 1.82 bits per heavy atom. The Balaban J connectivity index is 1.96. The Kier molecular flexibility index (Phi) is 5.05. The number of nitriles is 2. The largest absolute Gasteiger partial charge is 0.385 e. The third-order valence-electron chi connectivity index (χ3n) is 5.79. The molecular formula is C20H21N11O2. The maximum absolute atomic E-state index is 9.88. The van der Waals surface area contributed by atoms with Crippen LogP contribution in [-0.2, 0) is 9.47 Å². The summed E-state index contributed by atoms with van der Waals surface area (Å²) >= 11 is 0. The van der Waals surface area contributed by atoms with Crippen molar-refractivity contribution >= 4 is 28.9 Å². The highest BCUT2D eigenvalue weighted by atomic mass is 16.5. The first-order valence-electron chi connectivity index (χ1n) is 10.4. The lowest BCUT2D eigenvalue weighted by molar-refractivity contribution is 0.122. The standard InChI is InChI=1S/C20H21N11O2/c21-10-12-16(24)26-15-9-14(23)30-18(28-1-5-32-6-2-28)13(11-22)17(25)27-20(30)31(15)19(12)29-3-7-33-8-4-29/h9,24-25H,1-8,23H2. The van der Waals surface area contributed by atoms with Crippen molar-refractivity contribution in [3.63, 3.8) is 0 Å². The molecule has 0 aromatic carbocycles. The van der Waals surface area contributed by atoms with Crippen molar-refractivity contribution in [2.75, 3.05) is 68.1 Å². The third-order valence-corrected chi connectivity index (χ3v) is 5.79. The van der Waals surface area contributed by atoms with Crippen LogP contribution < -0.4 is 26.5 Å². The number of nitrogen functional groups attached to an aromatic ring is 1. The molecule has 5 heterocycles.